The molecule has 0 aliphatic carbocycles. The predicted molar refractivity (Wildman–Crippen MR) is 98.2 cm³/mol. The van der Waals surface area contributed by atoms with Crippen molar-refractivity contribution in [3.05, 3.63) is 21.6 Å². The van der Waals surface area contributed by atoms with Crippen molar-refractivity contribution >= 4 is 44.8 Å². The van der Waals surface area contributed by atoms with Crippen molar-refractivity contribution in [1.82, 2.24) is 14.9 Å². The third-order valence-electron chi connectivity index (χ3n) is 4.35. The van der Waals surface area contributed by atoms with E-state index < -0.39 is 0 Å². The average molecular weight is 377 g/mol. The minimum absolute atomic E-state index is 0.115. The topological polar surface area (TPSA) is 78.4 Å². The van der Waals surface area contributed by atoms with Crippen LogP contribution in [-0.2, 0) is 29.0 Å². The zero-order valence-corrected chi connectivity index (χ0v) is 15.6. The van der Waals surface area contributed by atoms with Crippen molar-refractivity contribution in [2.24, 2.45) is 0 Å². The maximum absolute atomic E-state index is 12.3. The summed E-state index contributed by atoms with van der Waals surface area (Å²) < 4.78 is 0. The Morgan fingerprint density at radius 1 is 1.32 bits per heavy atom. The zero-order chi connectivity index (χ0) is 17.4. The molecule has 2 aromatic rings. The SMILES string of the molecule is CN1CCc2nc(NC(=O)Cc3csc(N4CCCC4=O)n3)sc2C1. The molecule has 2 aliphatic rings. The van der Waals surface area contributed by atoms with Gasteiger partial charge >= 0.3 is 0 Å². The number of anilines is 2. The molecule has 0 aromatic carbocycles. The van der Waals surface area contributed by atoms with Gasteiger partial charge in [-0.25, -0.2) is 9.97 Å². The number of aromatic nitrogens is 2. The maximum atomic E-state index is 12.3. The molecule has 9 heteroatoms. The second kappa shape index (κ2) is 6.81. The normalized spacial score (nSPS) is 17.8. The summed E-state index contributed by atoms with van der Waals surface area (Å²) in [4.78, 5) is 38.2. The molecule has 4 rings (SSSR count). The number of amides is 2. The Kier molecular flexibility index (Phi) is 4.53. The summed E-state index contributed by atoms with van der Waals surface area (Å²) >= 11 is 2.97. The minimum Gasteiger partial charge on any atom is -0.302 e. The summed E-state index contributed by atoms with van der Waals surface area (Å²) in [5.74, 6) is -0.00673. The fourth-order valence-corrected chi connectivity index (χ4v) is 5.03. The first-order chi connectivity index (χ1) is 12.1. The lowest BCUT2D eigenvalue weighted by atomic mass is 10.2. The highest BCUT2D eigenvalue weighted by Crippen LogP contribution is 2.28. The quantitative estimate of drug-likeness (QED) is 0.880. The van der Waals surface area contributed by atoms with E-state index in [1.165, 1.54) is 16.2 Å². The molecule has 25 heavy (non-hydrogen) atoms. The summed E-state index contributed by atoms with van der Waals surface area (Å²) in [6.07, 6.45) is 2.58. The van der Waals surface area contributed by atoms with Crippen LogP contribution >= 0.6 is 22.7 Å². The van der Waals surface area contributed by atoms with Crippen molar-refractivity contribution < 1.29 is 9.59 Å². The van der Waals surface area contributed by atoms with Crippen LogP contribution in [0.15, 0.2) is 5.38 Å². The van der Waals surface area contributed by atoms with E-state index in [-0.39, 0.29) is 18.2 Å². The van der Waals surface area contributed by atoms with E-state index in [0.717, 1.165) is 38.2 Å². The van der Waals surface area contributed by atoms with Gasteiger partial charge in [0.2, 0.25) is 11.8 Å². The number of fused-ring (bicyclic) bond motifs is 1. The number of likely N-dealkylation sites (N-methyl/N-ethyl adjacent to an activating group) is 1. The summed E-state index contributed by atoms with van der Waals surface area (Å²) in [5, 5.41) is 6.09. The van der Waals surface area contributed by atoms with Gasteiger partial charge in [-0.1, -0.05) is 0 Å². The van der Waals surface area contributed by atoms with Gasteiger partial charge in [-0.05, 0) is 13.5 Å². The second-order valence-corrected chi connectivity index (χ2v) is 8.29. The smallest absolute Gasteiger partial charge is 0.232 e. The van der Waals surface area contributed by atoms with Crippen molar-refractivity contribution in [3.63, 3.8) is 0 Å². The fourth-order valence-electron chi connectivity index (χ4n) is 3.06. The number of hydrogen-bond acceptors (Lipinski definition) is 7. The number of nitrogens with one attached hydrogen (secondary N) is 1. The second-order valence-electron chi connectivity index (χ2n) is 6.37. The highest BCUT2D eigenvalue weighted by molar-refractivity contribution is 7.16. The summed E-state index contributed by atoms with van der Waals surface area (Å²) in [6, 6.07) is 0. The van der Waals surface area contributed by atoms with Crippen LogP contribution in [0.25, 0.3) is 0 Å². The lowest BCUT2D eigenvalue weighted by Crippen LogP contribution is -2.25. The highest BCUT2D eigenvalue weighted by atomic mass is 32.1. The average Bonchev–Trinajstić information content (AvgIpc) is 3.26. The molecule has 2 amide bonds. The molecule has 4 heterocycles. The van der Waals surface area contributed by atoms with E-state index in [9.17, 15) is 9.59 Å². The van der Waals surface area contributed by atoms with Gasteiger partial charge in [0.15, 0.2) is 10.3 Å². The van der Waals surface area contributed by atoms with Gasteiger partial charge in [-0.15, -0.1) is 22.7 Å². The lowest BCUT2D eigenvalue weighted by Gasteiger charge is -2.20. The van der Waals surface area contributed by atoms with Crippen LogP contribution in [0.5, 0.6) is 0 Å². The molecule has 0 atom stereocenters. The Balaban J connectivity index is 1.38. The molecular formula is C16H19N5O2S2. The maximum Gasteiger partial charge on any atom is 0.232 e. The van der Waals surface area contributed by atoms with Crippen LogP contribution in [0, 0.1) is 0 Å². The van der Waals surface area contributed by atoms with Gasteiger partial charge in [0.05, 0.1) is 17.8 Å². The van der Waals surface area contributed by atoms with E-state index in [2.05, 4.69) is 27.2 Å². The van der Waals surface area contributed by atoms with Gasteiger partial charge < -0.3 is 10.2 Å². The monoisotopic (exact) mass is 377 g/mol. The third-order valence-corrected chi connectivity index (χ3v) is 6.26. The van der Waals surface area contributed by atoms with Gasteiger partial charge in [0, 0.05) is 42.7 Å². The molecule has 0 unspecified atom stereocenters. The van der Waals surface area contributed by atoms with Gasteiger partial charge in [0.1, 0.15) is 0 Å². The number of carbonyl (C=O) groups is 2. The molecule has 2 aromatic heterocycles. The van der Waals surface area contributed by atoms with Gasteiger partial charge in [0.25, 0.3) is 0 Å². The Hall–Kier alpha value is -1.84. The first-order valence-electron chi connectivity index (χ1n) is 8.30. The van der Waals surface area contributed by atoms with E-state index in [1.807, 2.05) is 5.38 Å². The molecule has 1 fully saturated rings. The summed E-state index contributed by atoms with van der Waals surface area (Å²) in [7, 11) is 2.09. The number of rotatable bonds is 4. The number of hydrogen-bond donors (Lipinski definition) is 1. The molecule has 0 radical (unpaired) electrons. The van der Waals surface area contributed by atoms with Crippen LogP contribution in [0.4, 0.5) is 10.3 Å². The Labute approximate surface area is 153 Å². The Bertz CT molecular complexity index is 815. The molecule has 0 bridgehead atoms. The molecular weight excluding hydrogens is 358 g/mol. The van der Waals surface area contributed by atoms with Crippen molar-refractivity contribution in [2.75, 3.05) is 30.4 Å². The van der Waals surface area contributed by atoms with Gasteiger partial charge in [-0.3, -0.25) is 14.5 Å². The van der Waals surface area contributed by atoms with E-state index in [1.54, 1.807) is 16.2 Å². The lowest BCUT2D eigenvalue weighted by molar-refractivity contribution is -0.117. The molecule has 0 spiro atoms. The molecule has 1 saturated heterocycles. The number of carbonyl (C=O) groups excluding carboxylic acids is 2. The van der Waals surface area contributed by atoms with Crippen molar-refractivity contribution in [1.29, 1.82) is 0 Å². The number of thiazole rings is 2. The van der Waals surface area contributed by atoms with Crippen LogP contribution in [-0.4, -0.2) is 46.8 Å². The fraction of sp³-hybridized carbons (Fsp3) is 0.500. The first kappa shape index (κ1) is 16.6. The van der Waals surface area contributed by atoms with Crippen LogP contribution < -0.4 is 10.2 Å². The highest BCUT2D eigenvalue weighted by Gasteiger charge is 2.24. The minimum atomic E-state index is -0.121. The van der Waals surface area contributed by atoms with E-state index >= 15 is 0 Å². The molecule has 7 nitrogen and oxygen atoms in total. The van der Waals surface area contributed by atoms with E-state index in [4.69, 9.17) is 0 Å². The standard InChI is InChI=1S/C16H19N5O2S2/c1-20-6-4-11-12(8-20)25-15(18-11)19-13(22)7-10-9-24-16(17-10)21-5-2-3-14(21)23/h9H,2-8H2,1H3,(H,18,19,22). The molecule has 2 aliphatic heterocycles. The van der Waals surface area contributed by atoms with Crippen molar-refractivity contribution in [3.8, 4) is 0 Å². The molecule has 1 N–H and O–H groups in total. The summed E-state index contributed by atoms with van der Waals surface area (Å²) in [6.45, 7) is 2.61. The summed E-state index contributed by atoms with van der Waals surface area (Å²) in [5.41, 5.74) is 1.79. The van der Waals surface area contributed by atoms with E-state index in [0.29, 0.717) is 22.4 Å². The Morgan fingerprint density at radius 3 is 3.00 bits per heavy atom. The van der Waals surface area contributed by atoms with Crippen LogP contribution in [0.1, 0.15) is 29.1 Å². The Morgan fingerprint density at radius 2 is 2.20 bits per heavy atom. The van der Waals surface area contributed by atoms with Crippen molar-refractivity contribution in [2.45, 2.75) is 32.2 Å². The predicted octanol–water partition coefficient (Wildman–Crippen LogP) is 1.90. The zero-order valence-electron chi connectivity index (χ0n) is 13.9. The van der Waals surface area contributed by atoms with Crippen LogP contribution in [0.3, 0.4) is 0 Å². The third kappa shape index (κ3) is 3.58. The largest absolute Gasteiger partial charge is 0.302 e. The van der Waals surface area contributed by atoms with Gasteiger partial charge in [-0.2, -0.15) is 0 Å². The molecule has 132 valence electrons. The van der Waals surface area contributed by atoms with Crippen LogP contribution in [0.2, 0.25) is 0 Å². The first-order valence-corrected chi connectivity index (χ1v) is 10.00. The molecule has 0 saturated carbocycles. The number of nitrogens with zero attached hydrogens (tertiary/aromatic N) is 4.